The lowest BCUT2D eigenvalue weighted by Crippen LogP contribution is -2.32. The molecule has 3 rings (SSSR count). The van der Waals surface area contributed by atoms with Gasteiger partial charge in [0.05, 0.1) is 11.6 Å². The minimum absolute atomic E-state index is 0.216. The van der Waals surface area contributed by atoms with Crippen LogP contribution < -0.4 is 20.4 Å². The minimum atomic E-state index is -0.454. The smallest absolute Gasteiger partial charge is 0.336 e. The molecule has 0 saturated carbocycles. The Balaban J connectivity index is 1.52. The zero-order valence-electron chi connectivity index (χ0n) is 14.7. The molecule has 0 aliphatic rings. The Hall–Kier alpha value is -2.99. The van der Waals surface area contributed by atoms with Gasteiger partial charge in [-0.15, -0.1) is 0 Å². The lowest BCUT2D eigenvalue weighted by atomic mass is 10.1. The van der Waals surface area contributed by atoms with Crippen LogP contribution in [0.25, 0.3) is 11.0 Å². The van der Waals surface area contributed by atoms with E-state index in [1.807, 2.05) is 30.3 Å². The number of para-hydroxylation sites is 1. The first-order valence-electron chi connectivity index (χ1n) is 8.34. The average molecular weight is 388 g/mol. The van der Waals surface area contributed by atoms with Crippen molar-refractivity contribution < 1.29 is 18.7 Å². The van der Waals surface area contributed by atoms with E-state index in [2.05, 4.69) is 5.32 Å². The van der Waals surface area contributed by atoms with E-state index < -0.39 is 5.63 Å². The Bertz CT molecular complexity index is 1000. The van der Waals surface area contributed by atoms with Gasteiger partial charge in [-0.2, -0.15) is 0 Å². The van der Waals surface area contributed by atoms with E-state index in [-0.39, 0.29) is 18.3 Å². The summed E-state index contributed by atoms with van der Waals surface area (Å²) in [5, 5.41) is 3.74. The average Bonchev–Trinajstić information content (AvgIpc) is 2.65. The molecule has 0 atom stereocenters. The van der Waals surface area contributed by atoms with Gasteiger partial charge in [0.2, 0.25) is 0 Å². The third kappa shape index (κ3) is 5.01. The molecule has 140 valence electrons. The van der Waals surface area contributed by atoms with E-state index in [0.29, 0.717) is 23.8 Å². The lowest BCUT2D eigenvalue weighted by molar-refractivity contribution is -0.123. The van der Waals surface area contributed by atoms with Crippen LogP contribution in [0, 0.1) is 6.92 Å². The zero-order chi connectivity index (χ0) is 19.2. The standard InChI is InChI=1S/C20H18ClNO5/c1-13-9-20(24)27-17-11-18(16(21)10-15(13)17)26-12-19(23)22-7-8-25-14-5-3-2-4-6-14/h2-6,9-11H,7-8,12H2,1H3,(H,22,23). The van der Waals surface area contributed by atoms with Crippen molar-refractivity contribution >= 4 is 28.5 Å². The van der Waals surface area contributed by atoms with Crippen LogP contribution in [0.4, 0.5) is 0 Å². The summed E-state index contributed by atoms with van der Waals surface area (Å²) in [7, 11) is 0. The molecule has 0 spiro atoms. The number of halogens is 1. The number of hydrogen-bond donors (Lipinski definition) is 1. The van der Waals surface area contributed by atoms with Gasteiger partial charge in [-0.3, -0.25) is 4.79 Å². The topological polar surface area (TPSA) is 77.8 Å². The first kappa shape index (κ1) is 18.8. The van der Waals surface area contributed by atoms with Crippen LogP contribution >= 0.6 is 11.6 Å². The van der Waals surface area contributed by atoms with Crippen molar-refractivity contribution in [1.82, 2.24) is 5.32 Å². The van der Waals surface area contributed by atoms with E-state index >= 15 is 0 Å². The maximum absolute atomic E-state index is 11.9. The second kappa shape index (κ2) is 8.60. The molecule has 0 fully saturated rings. The molecule has 1 heterocycles. The number of rotatable bonds is 7. The maximum Gasteiger partial charge on any atom is 0.336 e. The third-order valence-electron chi connectivity index (χ3n) is 3.80. The van der Waals surface area contributed by atoms with Crippen molar-refractivity contribution in [2.45, 2.75) is 6.92 Å². The number of aryl methyl sites for hydroxylation is 1. The SMILES string of the molecule is Cc1cc(=O)oc2cc(OCC(=O)NCCOc3ccccc3)c(Cl)cc12. The number of nitrogens with one attached hydrogen (secondary N) is 1. The van der Waals surface area contributed by atoms with E-state index in [1.54, 1.807) is 13.0 Å². The maximum atomic E-state index is 11.9. The highest BCUT2D eigenvalue weighted by Gasteiger charge is 2.11. The first-order chi connectivity index (χ1) is 13.0. The Kier molecular flexibility index (Phi) is 5.98. The molecule has 0 aliphatic heterocycles. The van der Waals surface area contributed by atoms with E-state index in [1.165, 1.54) is 12.1 Å². The molecular formula is C20H18ClNO5. The quantitative estimate of drug-likeness (QED) is 0.497. The summed E-state index contributed by atoms with van der Waals surface area (Å²) in [5.74, 6) is 0.699. The Morgan fingerprint density at radius 1 is 1.15 bits per heavy atom. The van der Waals surface area contributed by atoms with Gasteiger partial charge < -0.3 is 19.2 Å². The van der Waals surface area contributed by atoms with E-state index in [4.69, 9.17) is 25.5 Å². The van der Waals surface area contributed by atoms with Crippen LogP contribution in [0.5, 0.6) is 11.5 Å². The van der Waals surface area contributed by atoms with Crippen molar-refractivity contribution in [2.24, 2.45) is 0 Å². The Morgan fingerprint density at radius 3 is 2.70 bits per heavy atom. The highest BCUT2D eigenvalue weighted by atomic mass is 35.5. The summed E-state index contributed by atoms with van der Waals surface area (Å²) in [6.07, 6.45) is 0. The van der Waals surface area contributed by atoms with Gasteiger partial charge in [-0.05, 0) is 30.7 Å². The molecule has 27 heavy (non-hydrogen) atoms. The molecule has 2 aromatic carbocycles. The fourth-order valence-corrected chi connectivity index (χ4v) is 2.72. The molecule has 1 amide bonds. The van der Waals surface area contributed by atoms with Crippen molar-refractivity contribution in [3.63, 3.8) is 0 Å². The fraction of sp³-hybridized carbons (Fsp3) is 0.200. The van der Waals surface area contributed by atoms with Gasteiger partial charge >= 0.3 is 5.63 Å². The minimum Gasteiger partial charge on any atom is -0.492 e. The van der Waals surface area contributed by atoms with Crippen LogP contribution in [-0.4, -0.2) is 25.7 Å². The summed E-state index contributed by atoms with van der Waals surface area (Å²) in [6.45, 7) is 2.27. The van der Waals surface area contributed by atoms with Crippen LogP contribution in [0.3, 0.4) is 0 Å². The summed E-state index contributed by atoms with van der Waals surface area (Å²) < 4.78 is 16.1. The molecule has 6 nitrogen and oxygen atoms in total. The second-order valence-electron chi connectivity index (χ2n) is 5.83. The summed E-state index contributed by atoms with van der Waals surface area (Å²) in [5.41, 5.74) is 0.659. The van der Waals surface area contributed by atoms with Crippen LogP contribution in [0.15, 0.2) is 57.7 Å². The van der Waals surface area contributed by atoms with Gasteiger partial charge in [-0.25, -0.2) is 4.79 Å². The molecule has 1 aromatic heterocycles. The number of amides is 1. The van der Waals surface area contributed by atoms with Gasteiger partial charge in [0, 0.05) is 17.5 Å². The molecule has 1 N–H and O–H groups in total. The molecular weight excluding hydrogens is 370 g/mol. The van der Waals surface area contributed by atoms with Crippen molar-refractivity contribution in [1.29, 1.82) is 0 Å². The van der Waals surface area contributed by atoms with E-state index in [9.17, 15) is 9.59 Å². The molecule has 0 radical (unpaired) electrons. The number of fused-ring (bicyclic) bond motifs is 1. The molecule has 0 saturated heterocycles. The third-order valence-corrected chi connectivity index (χ3v) is 4.09. The predicted molar refractivity (Wildman–Crippen MR) is 103 cm³/mol. The van der Waals surface area contributed by atoms with Crippen LogP contribution in [0.1, 0.15) is 5.56 Å². The largest absolute Gasteiger partial charge is 0.492 e. The van der Waals surface area contributed by atoms with Crippen LogP contribution in [0.2, 0.25) is 5.02 Å². The molecule has 3 aromatic rings. The van der Waals surface area contributed by atoms with Gasteiger partial charge in [0.1, 0.15) is 23.7 Å². The number of ether oxygens (including phenoxy) is 2. The van der Waals surface area contributed by atoms with Gasteiger partial charge in [0.15, 0.2) is 6.61 Å². The lowest BCUT2D eigenvalue weighted by Gasteiger charge is -2.11. The normalized spacial score (nSPS) is 10.6. The van der Waals surface area contributed by atoms with Crippen molar-refractivity contribution in [3.05, 3.63) is 69.5 Å². The molecule has 0 unspecified atom stereocenters. The number of carbonyl (C=O) groups excluding carboxylic acids is 1. The highest BCUT2D eigenvalue weighted by molar-refractivity contribution is 6.32. The summed E-state index contributed by atoms with van der Waals surface area (Å²) in [4.78, 5) is 23.4. The molecule has 0 bridgehead atoms. The number of benzene rings is 2. The first-order valence-corrected chi connectivity index (χ1v) is 8.72. The summed E-state index contributed by atoms with van der Waals surface area (Å²) >= 11 is 6.20. The molecule has 7 heteroatoms. The molecule has 0 aliphatic carbocycles. The van der Waals surface area contributed by atoms with E-state index in [0.717, 1.165) is 16.7 Å². The number of hydrogen-bond acceptors (Lipinski definition) is 5. The predicted octanol–water partition coefficient (Wildman–Crippen LogP) is 3.33. The monoisotopic (exact) mass is 387 g/mol. The fourth-order valence-electron chi connectivity index (χ4n) is 2.50. The summed E-state index contributed by atoms with van der Waals surface area (Å²) in [6, 6.07) is 13.9. The highest BCUT2D eigenvalue weighted by Crippen LogP contribution is 2.30. The zero-order valence-corrected chi connectivity index (χ0v) is 15.4. The van der Waals surface area contributed by atoms with Crippen molar-refractivity contribution in [2.75, 3.05) is 19.8 Å². The Morgan fingerprint density at radius 2 is 1.93 bits per heavy atom. The van der Waals surface area contributed by atoms with Crippen molar-refractivity contribution in [3.8, 4) is 11.5 Å². The number of carbonyl (C=O) groups is 1. The van der Waals surface area contributed by atoms with Gasteiger partial charge in [0.25, 0.3) is 5.91 Å². The van der Waals surface area contributed by atoms with Crippen LogP contribution in [-0.2, 0) is 4.79 Å². The second-order valence-corrected chi connectivity index (χ2v) is 6.23. The Labute approximate surface area is 160 Å². The van der Waals surface area contributed by atoms with Gasteiger partial charge in [-0.1, -0.05) is 29.8 Å².